The molecule has 0 radical (unpaired) electrons. The van der Waals surface area contributed by atoms with Crippen molar-refractivity contribution >= 4 is 12.2 Å². The van der Waals surface area contributed by atoms with Crippen LogP contribution in [0.3, 0.4) is 0 Å². The zero-order chi connectivity index (χ0) is 28.2. The number of nitrogens with zero attached hydrogens (tertiary/aromatic N) is 1. The Morgan fingerprint density at radius 3 is 1.79 bits per heavy atom. The van der Waals surface area contributed by atoms with Crippen LogP contribution >= 0.6 is 0 Å². The van der Waals surface area contributed by atoms with Crippen molar-refractivity contribution in [1.29, 1.82) is 0 Å². The van der Waals surface area contributed by atoms with E-state index < -0.39 is 18.2 Å². The molecule has 8 heteroatoms. The van der Waals surface area contributed by atoms with Crippen LogP contribution < -0.4 is 15.2 Å². The van der Waals surface area contributed by atoms with Crippen molar-refractivity contribution in [1.82, 2.24) is 10.6 Å². The molecule has 0 saturated heterocycles. The summed E-state index contributed by atoms with van der Waals surface area (Å²) in [6.45, 7) is 4.26. The van der Waals surface area contributed by atoms with Crippen molar-refractivity contribution in [3.63, 3.8) is 0 Å². The van der Waals surface area contributed by atoms with Gasteiger partial charge in [0.15, 0.2) is 18.9 Å². The van der Waals surface area contributed by atoms with Crippen LogP contribution in [0.2, 0.25) is 0 Å². The van der Waals surface area contributed by atoms with Crippen LogP contribution in [0.25, 0.3) is 0 Å². The fourth-order valence-electron chi connectivity index (χ4n) is 4.43. The van der Waals surface area contributed by atoms with Gasteiger partial charge in [0, 0.05) is 18.7 Å². The van der Waals surface area contributed by atoms with Gasteiger partial charge in [-0.3, -0.25) is 0 Å². The summed E-state index contributed by atoms with van der Waals surface area (Å²) in [6, 6.07) is 5.34. The first-order chi connectivity index (χ1) is 19.2. The summed E-state index contributed by atoms with van der Waals surface area (Å²) < 4.78 is 17.7. The van der Waals surface area contributed by atoms with Gasteiger partial charge in [-0.1, -0.05) is 109 Å². The van der Waals surface area contributed by atoms with Crippen LogP contribution in [-0.2, 0) is 20.8 Å². The zero-order valence-corrected chi connectivity index (χ0v) is 24.8. The van der Waals surface area contributed by atoms with Gasteiger partial charge in [-0.15, -0.1) is 0 Å². The third-order valence-corrected chi connectivity index (χ3v) is 6.80. The van der Waals surface area contributed by atoms with E-state index in [2.05, 4.69) is 22.3 Å². The fraction of sp³-hybridized carbons (Fsp3) is 0.774. The molecular formula is C31H56N3O5+. The van der Waals surface area contributed by atoms with Crippen LogP contribution in [0.15, 0.2) is 30.6 Å². The normalized spacial score (nSPS) is 11.6. The van der Waals surface area contributed by atoms with E-state index >= 15 is 0 Å². The summed E-state index contributed by atoms with van der Waals surface area (Å²) in [4.78, 5) is 23.6. The number of unbranched alkanes of at least 4 members (excludes halogenated alkanes) is 15. The molecule has 2 N–H and O–H groups in total. The number of alkyl carbamates (subject to hydrolysis) is 2. The largest absolute Gasteiger partial charge is 0.453 e. The van der Waals surface area contributed by atoms with Crippen LogP contribution in [0, 0.1) is 0 Å². The van der Waals surface area contributed by atoms with Gasteiger partial charge in [0.25, 0.3) is 0 Å². The number of pyridine rings is 1. The highest BCUT2D eigenvalue weighted by Gasteiger charge is 2.16. The molecule has 0 aliphatic carbocycles. The average molecular weight is 551 g/mol. The van der Waals surface area contributed by atoms with E-state index in [1.807, 2.05) is 35.2 Å². The highest BCUT2D eigenvalue weighted by Crippen LogP contribution is 2.13. The maximum absolute atomic E-state index is 12.0. The lowest BCUT2D eigenvalue weighted by molar-refractivity contribution is -0.694. The quantitative estimate of drug-likeness (QED) is 0.104. The third-order valence-electron chi connectivity index (χ3n) is 6.80. The van der Waals surface area contributed by atoms with Gasteiger partial charge < -0.3 is 24.8 Å². The smallest absolute Gasteiger partial charge is 0.407 e. The van der Waals surface area contributed by atoms with Crippen LogP contribution in [0.5, 0.6) is 0 Å². The first-order valence-electron chi connectivity index (χ1n) is 15.4. The molecule has 0 aliphatic heterocycles. The molecule has 1 aromatic heterocycles. The lowest BCUT2D eigenvalue weighted by Crippen LogP contribution is -2.44. The molecule has 8 nitrogen and oxygen atoms in total. The van der Waals surface area contributed by atoms with Crippen molar-refractivity contribution in [2.24, 2.45) is 0 Å². The third kappa shape index (κ3) is 22.2. The van der Waals surface area contributed by atoms with Gasteiger partial charge in [-0.25, -0.2) is 14.2 Å². The second kappa shape index (κ2) is 25.9. The topological polar surface area (TPSA) is 89.8 Å². The number of hydrogen-bond acceptors (Lipinski definition) is 5. The second-order valence-corrected chi connectivity index (χ2v) is 10.3. The van der Waals surface area contributed by atoms with Crippen molar-refractivity contribution in [2.75, 3.05) is 33.5 Å². The van der Waals surface area contributed by atoms with Gasteiger partial charge in [-0.2, -0.15) is 0 Å². The second-order valence-electron chi connectivity index (χ2n) is 10.3. The number of amides is 2. The van der Waals surface area contributed by atoms with Crippen molar-refractivity contribution in [2.45, 2.75) is 122 Å². The average Bonchev–Trinajstić information content (AvgIpc) is 2.95. The summed E-state index contributed by atoms with van der Waals surface area (Å²) >= 11 is 0. The molecule has 224 valence electrons. The molecule has 39 heavy (non-hydrogen) atoms. The van der Waals surface area contributed by atoms with Gasteiger partial charge in [0.2, 0.25) is 0 Å². The molecule has 1 heterocycles. The van der Waals surface area contributed by atoms with E-state index in [0.29, 0.717) is 19.7 Å². The molecule has 0 fully saturated rings. The Kier molecular flexibility index (Phi) is 23.0. The van der Waals surface area contributed by atoms with E-state index in [1.165, 1.54) is 97.0 Å². The Hall–Kier alpha value is -2.35. The summed E-state index contributed by atoms with van der Waals surface area (Å²) in [6.07, 6.45) is 24.1. The van der Waals surface area contributed by atoms with E-state index in [0.717, 1.165) is 12.8 Å². The number of hydrogen-bond donors (Lipinski definition) is 2. The molecule has 1 unspecified atom stereocenters. The molecule has 0 bridgehead atoms. The number of aromatic nitrogens is 1. The number of methoxy groups -OCH3 is 1. The van der Waals surface area contributed by atoms with Crippen LogP contribution in [-0.4, -0.2) is 51.7 Å². The van der Waals surface area contributed by atoms with E-state index in [-0.39, 0.29) is 13.2 Å². The molecule has 0 aromatic carbocycles. The highest BCUT2D eigenvalue weighted by molar-refractivity contribution is 5.68. The van der Waals surface area contributed by atoms with Gasteiger partial charge >= 0.3 is 12.2 Å². The summed E-state index contributed by atoms with van der Waals surface area (Å²) in [5.41, 5.74) is 0. The van der Waals surface area contributed by atoms with Crippen LogP contribution in [0.1, 0.15) is 110 Å². The summed E-state index contributed by atoms with van der Waals surface area (Å²) in [5, 5.41) is 5.38. The number of nitrogens with one attached hydrogen (secondary N) is 2. The molecule has 1 atom stereocenters. The Morgan fingerprint density at radius 2 is 1.26 bits per heavy atom. The fourth-order valence-corrected chi connectivity index (χ4v) is 4.43. The standard InChI is InChI=1S/C31H55N3O5/c1-3-4-5-6-7-8-9-10-11-12-13-14-15-16-17-21-26-38-27-29(33-31(36)37-2)28-39-30(35)32-22-25-34-23-19-18-20-24-34/h18-20,23-24,29H,3-17,21-22,25-28H2,1-2H3,(H-,32,33,35,36)/p+1. The number of rotatable bonds is 25. The van der Waals surface area contributed by atoms with E-state index in [1.54, 1.807) is 0 Å². The van der Waals surface area contributed by atoms with E-state index in [9.17, 15) is 9.59 Å². The molecule has 2 amide bonds. The maximum atomic E-state index is 12.0. The van der Waals surface area contributed by atoms with E-state index in [4.69, 9.17) is 9.47 Å². The predicted molar refractivity (Wildman–Crippen MR) is 156 cm³/mol. The molecule has 0 saturated carbocycles. The van der Waals surface area contributed by atoms with Gasteiger partial charge in [0.1, 0.15) is 6.61 Å². The summed E-state index contributed by atoms with van der Waals surface area (Å²) in [7, 11) is 1.30. The molecule has 0 spiro atoms. The van der Waals surface area contributed by atoms with Crippen molar-refractivity contribution < 1.29 is 28.4 Å². The summed E-state index contributed by atoms with van der Waals surface area (Å²) in [5.74, 6) is 0. The Bertz CT molecular complexity index is 705. The minimum Gasteiger partial charge on any atom is -0.453 e. The molecule has 1 aromatic rings. The number of ether oxygens (including phenoxy) is 3. The molecule has 0 aliphatic rings. The van der Waals surface area contributed by atoms with Crippen molar-refractivity contribution in [3.8, 4) is 0 Å². The van der Waals surface area contributed by atoms with Crippen molar-refractivity contribution in [3.05, 3.63) is 30.6 Å². The lowest BCUT2D eigenvalue weighted by Gasteiger charge is -2.18. The monoisotopic (exact) mass is 550 g/mol. The predicted octanol–water partition coefficient (Wildman–Crippen LogP) is 6.70. The molecular weight excluding hydrogens is 494 g/mol. The zero-order valence-electron chi connectivity index (χ0n) is 24.8. The SMILES string of the molecule is CCCCCCCCCCCCCCCCCCOCC(COC(=O)NCC[n+]1ccccc1)NC(=O)OC. The van der Waals surface area contributed by atoms with Gasteiger partial charge in [-0.05, 0) is 6.42 Å². The van der Waals surface area contributed by atoms with Gasteiger partial charge in [0.05, 0.1) is 26.3 Å². The van der Waals surface area contributed by atoms with Crippen LogP contribution in [0.4, 0.5) is 9.59 Å². The maximum Gasteiger partial charge on any atom is 0.407 e. The first kappa shape index (κ1) is 34.7. The Balaban J connectivity index is 1.99. The highest BCUT2D eigenvalue weighted by atomic mass is 16.6. The molecule has 1 rings (SSSR count). The minimum atomic E-state index is -0.574. The lowest BCUT2D eigenvalue weighted by atomic mass is 10.0. The Labute approximate surface area is 237 Å². The minimum absolute atomic E-state index is 0.0123. The number of carbonyl (C=O) groups excluding carboxylic acids is 2. The first-order valence-corrected chi connectivity index (χ1v) is 15.4. The number of carbonyl (C=O) groups is 2. The Morgan fingerprint density at radius 1 is 0.718 bits per heavy atom.